The summed E-state index contributed by atoms with van der Waals surface area (Å²) in [6.07, 6.45) is 17.2. The monoisotopic (exact) mass is 481 g/mol. The van der Waals surface area contributed by atoms with Crippen molar-refractivity contribution in [1.29, 1.82) is 5.26 Å². The Hall–Kier alpha value is -1.38. The average molecular weight is 482 g/mol. The Labute approximate surface area is 212 Å². The number of hydrogen-bond acceptors (Lipinski definition) is 4. The van der Waals surface area contributed by atoms with Gasteiger partial charge in [0.15, 0.2) is 0 Å². The molecule has 1 aromatic rings. The quantitative estimate of drug-likeness (QED) is 0.533. The van der Waals surface area contributed by atoms with Crippen LogP contribution in [0.2, 0.25) is 0 Å². The van der Waals surface area contributed by atoms with E-state index in [-0.39, 0.29) is 16.7 Å². The molecule has 5 heteroatoms. The summed E-state index contributed by atoms with van der Waals surface area (Å²) in [4.78, 5) is 0. The lowest BCUT2D eigenvalue weighted by atomic mass is 9.41. The molecule has 35 heavy (non-hydrogen) atoms. The summed E-state index contributed by atoms with van der Waals surface area (Å²) >= 11 is 0. The topological polar surface area (TPSA) is 82.1 Å². The van der Waals surface area contributed by atoms with Gasteiger partial charge in [-0.3, -0.25) is 4.68 Å². The molecule has 4 aliphatic carbocycles. The van der Waals surface area contributed by atoms with Crippen LogP contribution in [-0.2, 0) is 6.54 Å². The summed E-state index contributed by atoms with van der Waals surface area (Å²) in [5.41, 5.74) is -0.293. The lowest BCUT2D eigenvalue weighted by Crippen LogP contribution is -2.60. The minimum Gasteiger partial charge on any atom is -0.390 e. The van der Waals surface area contributed by atoms with Gasteiger partial charge < -0.3 is 10.2 Å². The fourth-order valence-corrected chi connectivity index (χ4v) is 10.3. The van der Waals surface area contributed by atoms with Crippen LogP contribution in [0.3, 0.4) is 0 Å². The predicted molar refractivity (Wildman–Crippen MR) is 137 cm³/mol. The van der Waals surface area contributed by atoms with E-state index in [1.807, 2.05) is 6.92 Å². The smallest absolute Gasteiger partial charge is 0.102 e. The molecule has 0 bridgehead atoms. The van der Waals surface area contributed by atoms with Crippen molar-refractivity contribution < 1.29 is 10.2 Å². The van der Waals surface area contributed by atoms with Crippen molar-refractivity contribution >= 4 is 0 Å². The van der Waals surface area contributed by atoms with E-state index < -0.39 is 11.2 Å². The van der Waals surface area contributed by atoms with Crippen LogP contribution in [0.5, 0.6) is 0 Å². The van der Waals surface area contributed by atoms with Gasteiger partial charge in [-0.1, -0.05) is 33.6 Å². The molecule has 194 valence electrons. The second-order valence-corrected chi connectivity index (χ2v) is 13.8. The molecule has 0 amide bonds. The first kappa shape index (κ1) is 25.3. The first-order chi connectivity index (χ1) is 16.5. The van der Waals surface area contributed by atoms with E-state index >= 15 is 0 Å². The maximum Gasteiger partial charge on any atom is 0.102 e. The van der Waals surface area contributed by atoms with Crippen LogP contribution in [0.25, 0.3) is 0 Å². The highest BCUT2D eigenvalue weighted by atomic mass is 16.3. The van der Waals surface area contributed by atoms with Crippen molar-refractivity contribution in [2.45, 2.75) is 122 Å². The van der Waals surface area contributed by atoms with Crippen LogP contribution >= 0.6 is 0 Å². The first-order valence-electron chi connectivity index (χ1n) is 14.4. The molecule has 0 aromatic carbocycles. The Bertz CT molecular complexity index is 965. The third kappa shape index (κ3) is 4.27. The predicted octanol–water partition coefficient (Wildman–Crippen LogP) is 6.09. The van der Waals surface area contributed by atoms with Gasteiger partial charge in [0.2, 0.25) is 0 Å². The fraction of sp³-hybridized carbons (Fsp3) is 0.867. The average Bonchev–Trinajstić information content (AvgIpc) is 3.24. The lowest BCUT2D eigenvalue weighted by Gasteiger charge is -2.64. The maximum atomic E-state index is 11.8. The van der Waals surface area contributed by atoms with E-state index in [0.29, 0.717) is 18.0 Å². The molecule has 4 fully saturated rings. The highest BCUT2D eigenvalue weighted by Gasteiger charge is 2.61. The first-order valence-corrected chi connectivity index (χ1v) is 14.4. The third-order valence-electron chi connectivity index (χ3n) is 11.6. The number of hydrogen-bond donors (Lipinski definition) is 2. The molecule has 5 nitrogen and oxygen atoms in total. The van der Waals surface area contributed by atoms with Gasteiger partial charge in [-0.2, -0.15) is 10.4 Å². The standard InChI is InChI=1S/C30H47N3O2/c1-5-12-30(35)15-11-24-22-10-14-28(3)25(23(22)9-13-27(24,2)19-30)7-6-8-26(28)29(4,34)20-33-18-21(16-31)17-32-33/h17-18,22-26,34-35H,5-15,19-20H2,1-4H3/t22-,23+,24+,25-,26-,27+,28-,29+,30+/m0/s1. The van der Waals surface area contributed by atoms with Crippen molar-refractivity contribution in [1.82, 2.24) is 9.78 Å². The van der Waals surface area contributed by atoms with Gasteiger partial charge >= 0.3 is 0 Å². The van der Waals surface area contributed by atoms with Crippen molar-refractivity contribution in [3.8, 4) is 6.07 Å². The van der Waals surface area contributed by atoms with E-state index in [0.717, 1.165) is 49.9 Å². The zero-order valence-corrected chi connectivity index (χ0v) is 22.5. The molecular weight excluding hydrogens is 434 g/mol. The van der Waals surface area contributed by atoms with Gasteiger partial charge in [0.25, 0.3) is 0 Å². The van der Waals surface area contributed by atoms with Crippen molar-refractivity contribution in [3.63, 3.8) is 0 Å². The van der Waals surface area contributed by atoms with Crippen LogP contribution in [0, 0.1) is 51.8 Å². The highest BCUT2D eigenvalue weighted by molar-refractivity contribution is 5.21. The molecule has 1 heterocycles. The summed E-state index contributed by atoms with van der Waals surface area (Å²) in [6, 6.07) is 2.15. The largest absolute Gasteiger partial charge is 0.390 e. The summed E-state index contributed by atoms with van der Waals surface area (Å²) in [7, 11) is 0. The van der Waals surface area contributed by atoms with Gasteiger partial charge in [-0.25, -0.2) is 0 Å². The van der Waals surface area contributed by atoms with Crippen molar-refractivity contribution in [2.75, 3.05) is 0 Å². The molecule has 0 saturated heterocycles. The Balaban J connectivity index is 1.36. The van der Waals surface area contributed by atoms with Gasteiger partial charge in [0.1, 0.15) is 6.07 Å². The summed E-state index contributed by atoms with van der Waals surface area (Å²) in [5.74, 6) is 3.22. The number of aliphatic hydroxyl groups is 2. The molecule has 9 atom stereocenters. The maximum absolute atomic E-state index is 11.8. The molecule has 0 spiro atoms. The zero-order valence-electron chi connectivity index (χ0n) is 22.5. The molecule has 0 radical (unpaired) electrons. The SMILES string of the molecule is CCC[C@@]1(O)CC[C@@H]2[C@H]3CC[C@@]4(C)[C@@H](CCC[C@@H]4[C@](C)(O)Cn4cc(C#N)cn4)[C@@H]3CC[C@]2(C)C1. The van der Waals surface area contributed by atoms with Crippen molar-refractivity contribution in [3.05, 3.63) is 18.0 Å². The Morgan fingerprint density at radius 3 is 2.57 bits per heavy atom. The van der Waals surface area contributed by atoms with E-state index in [9.17, 15) is 15.5 Å². The highest BCUT2D eigenvalue weighted by Crippen LogP contribution is 2.67. The van der Waals surface area contributed by atoms with Crippen LogP contribution in [0.15, 0.2) is 12.4 Å². The Morgan fingerprint density at radius 1 is 1.11 bits per heavy atom. The molecule has 0 unspecified atom stereocenters. The number of aromatic nitrogens is 2. The number of nitrogens with zero attached hydrogens (tertiary/aromatic N) is 3. The second kappa shape index (κ2) is 8.88. The van der Waals surface area contributed by atoms with E-state index in [4.69, 9.17) is 0 Å². The van der Waals surface area contributed by atoms with Gasteiger partial charge in [0, 0.05) is 6.20 Å². The molecule has 1 aromatic heterocycles. The number of nitriles is 1. The van der Waals surface area contributed by atoms with Crippen LogP contribution in [-0.4, -0.2) is 31.2 Å². The van der Waals surface area contributed by atoms with Crippen molar-refractivity contribution in [2.24, 2.45) is 40.4 Å². The Kier molecular flexibility index (Phi) is 6.41. The zero-order chi connectivity index (χ0) is 25.1. The molecule has 0 aliphatic heterocycles. The summed E-state index contributed by atoms with van der Waals surface area (Å²) in [5, 5.41) is 36.7. The van der Waals surface area contributed by atoms with Gasteiger partial charge in [-0.15, -0.1) is 0 Å². The lowest BCUT2D eigenvalue weighted by molar-refractivity contribution is -0.186. The minimum absolute atomic E-state index is 0.152. The number of fused-ring (bicyclic) bond motifs is 5. The minimum atomic E-state index is -0.844. The molecule has 4 aliphatic rings. The number of rotatable bonds is 5. The fourth-order valence-electron chi connectivity index (χ4n) is 10.3. The molecule has 5 rings (SSSR count). The van der Waals surface area contributed by atoms with E-state index in [1.165, 1.54) is 44.9 Å². The van der Waals surface area contributed by atoms with Gasteiger partial charge in [0.05, 0.1) is 29.5 Å². The summed E-state index contributed by atoms with van der Waals surface area (Å²) in [6.45, 7) is 9.65. The molecule has 2 N–H and O–H groups in total. The van der Waals surface area contributed by atoms with Crippen LogP contribution in [0.4, 0.5) is 0 Å². The molecular formula is C30H47N3O2. The molecule has 4 saturated carbocycles. The second-order valence-electron chi connectivity index (χ2n) is 13.8. The normalized spacial score (nSPS) is 44.9. The third-order valence-corrected chi connectivity index (χ3v) is 11.6. The van der Waals surface area contributed by atoms with E-state index in [2.05, 4.69) is 31.9 Å². The Morgan fingerprint density at radius 2 is 1.86 bits per heavy atom. The van der Waals surface area contributed by atoms with E-state index in [1.54, 1.807) is 17.1 Å². The van der Waals surface area contributed by atoms with Crippen LogP contribution in [0.1, 0.15) is 110 Å². The van der Waals surface area contributed by atoms with Crippen LogP contribution < -0.4 is 0 Å². The summed E-state index contributed by atoms with van der Waals surface area (Å²) < 4.78 is 1.77. The van der Waals surface area contributed by atoms with Gasteiger partial charge in [-0.05, 0) is 112 Å².